The number of aromatic hydroxyl groups is 1. The molecule has 0 saturated carbocycles. The first-order valence-electron chi connectivity index (χ1n) is 3.75. The van der Waals surface area contributed by atoms with Crippen LogP contribution in [0.25, 0.3) is 0 Å². The van der Waals surface area contributed by atoms with Crippen molar-refractivity contribution in [3.8, 4) is 11.5 Å². The summed E-state index contributed by atoms with van der Waals surface area (Å²) in [5.41, 5.74) is 0.356. The molecule has 0 aromatic carbocycles. The van der Waals surface area contributed by atoms with Crippen LogP contribution in [0, 0.1) is 6.92 Å². The molecule has 0 saturated heterocycles. The maximum Gasteiger partial charge on any atom is 0.511 e. The highest BCUT2D eigenvalue weighted by Crippen LogP contribution is 2.31. The first-order chi connectivity index (χ1) is 6.56. The third-order valence-corrected chi connectivity index (χ3v) is 1.62. The van der Waals surface area contributed by atoms with E-state index in [4.69, 9.17) is 10.2 Å². The fourth-order valence-corrected chi connectivity index (χ4v) is 0.925. The van der Waals surface area contributed by atoms with Gasteiger partial charge in [0.25, 0.3) is 0 Å². The van der Waals surface area contributed by atoms with E-state index in [-0.39, 0.29) is 22.8 Å². The standard InChI is InChI=1S/C8H9NO5/c1-4-6(11)7(14-8(12)13)5(3-10)2-9-4/h2,10-11H,3H2,1H3,(H,12,13). The van der Waals surface area contributed by atoms with E-state index >= 15 is 0 Å². The number of nitrogens with zero attached hydrogens (tertiary/aromatic N) is 1. The summed E-state index contributed by atoms with van der Waals surface area (Å²) in [6, 6.07) is 0. The number of ether oxygens (including phenoxy) is 1. The summed E-state index contributed by atoms with van der Waals surface area (Å²) < 4.78 is 4.31. The predicted molar refractivity (Wildman–Crippen MR) is 45.2 cm³/mol. The number of rotatable bonds is 2. The minimum atomic E-state index is -1.55. The zero-order valence-corrected chi connectivity index (χ0v) is 7.39. The van der Waals surface area contributed by atoms with Crippen molar-refractivity contribution < 1.29 is 24.9 Å². The second-order valence-corrected chi connectivity index (χ2v) is 2.57. The average molecular weight is 199 g/mol. The lowest BCUT2D eigenvalue weighted by Crippen LogP contribution is -2.06. The fourth-order valence-electron chi connectivity index (χ4n) is 0.925. The minimum Gasteiger partial charge on any atom is -0.503 e. The van der Waals surface area contributed by atoms with Crippen LogP contribution in [0.15, 0.2) is 6.20 Å². The maximum atomic E-state index is 10.3. The summed E-state index contributed by atoms with van der Waals surface area (Å²) in [7, 11) is 0. The number of hydrogen-bond acceptors (Lipinski definition) is 5. The van der Waals surface area contributed by atoms with Gasteiger partial charge in [0.15, 0.2) is 11.5 Å². The highest BCUT2D eigenvalue weighted by molar-refractivity contribution is 5.64. The van der Waals surface area contributed by atoms with Gasteiger partial charge in [0.05, 0.1) is 12.3 Å². The highest BCUT2D eigenvalue weighted by atomic mass is 16.7. The van der Waals surface area contributed by atoms with Gasteiger partial charge in [0.2, 0.25) is 0 Å². The van der Waals surface area contributed by atoms with Crippen LogP contribution in [0.5, 0.6) is 11.5 Å². The van der Waals surface area contributed by atoms with E-state index < -0.39 is 12.8 Å². The molecule has 0 unspecified atom stereocenters. The number of aliphatic hydroxyl groups excluding tert-OH is 1. The lowest BCUT2D eigenvalue weighted by molar-refractivity contribution is 0.141. The van der Waals surface area contributed by atoms with Crippen molar-refractivity contribution in [3.63, 3.8) is 0 Å². The van der Waals surface area contributed by atoms with E-state index in [1.165, 1.54) is 13.1 Å². The summed E-state index contributed by atoms with van der Waals surface area (Å²) in [4.78, 5) is 14.0. The van der Waals surface area contributed by atoms with Crippen LogP contribution in [-0.2, 0) is 6.61 Å². The largest absolute Gasteiger partial charge is 0.511 e. The van der Waals surface area contributed by atoms with Gasteiger partial charge in [-0.2, -0.15) is 0 Å². The molecule has 0 amide bonds. The van der Waals surface area contributed by atoms with E-state index in [1.807, 2.05) is 0 Å². The Bertz CT molecular complexity index is 363. The second kappa shape index (κ2) is 3.93. The van der Waals surface area contributed by atoms with Gasteiger partial charge in [-0.05, 0) is 6.92 Å². The molecule has 0 fully saturated rings. The number of aliphatic hydroxyl groups is 1. The van der Waals surface area contributed by atoms with Crippen LogP contribution in [0.1, 0.15) is 11.3 Å². The molecule has 1 aromatic rings. The summed E-state index contributed by atoms with van der Waals surface area (Å²) in [6.07, 6.45) is -0.312. The van der Waals surface area contributed by atoms with Gasteiger partial charge in [0.1, 0.15) is 0 Å². The summed E-state index contributed by atoms with van der Waals surface area (Å²) in [6.45, 7) is 1.04. The predicted octanol–water partition coefficient (Wildman–Crippen LogP) is 0.645. The molecule has 0 aliphatic carbocycles. The molecule has 0 radical (unpaired) electrons. The Morgan fingerprint density at radius 2 is 2.29 bits per heavy atom. The molecule has 0 aliphatic rings. The van der Waals surface area contributed by atoms with Gasteiger partial charge >= 0.3 is 6.16 Å². The molecule has 0 aliphatic heterocycles. The molecule has 0 bridgehead atoms. The zero-order valence-electron chi connectivity index (χ0n) is 7.39. The lowest BCUT2D eigenvalue weighted by atomic mass is 10.2. The van der Waals surface area contributed by atoms with E-state index in [2.05, 4.69) is 9.72 Å². The Balaban J connectivity index is 3.20. The molecule has 76 valence electrons. The zero-order chi connectivity index (χ0) is 10.7. The molecule has 0 atom stereocenters. The normalized spacial score (nSPS) is 9.86. The summed E-state index contributed by atoms with van der Waals surface area (Å²) in [5.74, 6) is -0.647. The van der Waals surface area contributed by atoms with E-state index in [9.17, 15) is 9.90 Å². The average Bonchev–Trinajstić information content (AvgIpc) is 2.13. The van der Waals surface area contributed by atoms with Crippen LogP contribution in [0.3, 0.4) is 0 Å². The van der Waals surface area contributed by atoms with Crippen molar-refractivity contribution in [1.82, 2.24) is 4.98 Å². The molecule has 6 heteroatoms. The maximum absolute atomic E-state index is 10.3. The summed E-state index contributed by atoms with van der Waals surface area (Å²) >= 11 is 0. The quantitative estimate of drug-likeness (QED) is 0.604. The van der Waals surface area contributed by atoms with Gasteiger partial charge in [-0.25, -0.2) is 4.79 Å². The number of aryl methyl sites for hydroxylation is 1. The van der Waals surface area contributed by atoms with Crippen LogP contribution >= 0.6 is 0 Å². The lowest BCUT2D eigenvalue weighted by Gasteiger charge is -2.08. The third kappa shape index (κ3) is 1.91. The molecular weight excluding hydrogens is 190 g/mol. The molecular formula is C8H9NO5. The van der Waals surface area contributed by atoms with Crippen LogP contribution < -0.4 is 4.74 Å². The van der Waals surface area contributed by atoms with Crippen molar-refractivity contribution in [2.75, 3.05) is 0 Å². The van der Waals surface area contributed by atoms with Crippen molar-refractivity contribution >= 4 is 6.16 Å². The van der Waals surface area contributed by atoms with Gasteiger partial charge in [-0.3, -0.25) is 4.98 Å². The number of carbonyl (C=O) groups is 1. The van der Waals surface area contributed by atoms with Crippen LogP contribution in [0.2, 0.25) is 0 Å². The smallest absolute Gasteiger partial charge is 0.503 e. The highest BCUT2D eigenvalue weighted by Gasteiger charge is 2.15. The van der Waals surface area contributed by atoms with E-state index in [1.54, 1.807) is 0 Å². The first-order valence-corrected chi connectivity index (χ1v) is 3.75. The van der Waals surface area contributed by atoms with Crippen LogP contribution in [0.4, 0.5) is 4.79 Å². The number of carboxylic acid groups (broad SMARTS) is 1. The first kappa shape index (κ1) is 10.3. The van der Waals surface area contributed by atoms with Crippen molar-refractivity contribution in [1.29, 1.82) is 0 Å². The molecule has 1 aromatic heterocycles. The minimum absolute atomic E-state index is 0.121. The van der Waals surface area contributed by atoms with Crippen molar-refractivity contribution in [3.05, 3.63) is 17.5 Å². The third-order valence-electron chi connectivity index (χ3n) is 1.62. The SMILES string of the molecule is Cc1ncc(CO)c(OC(=O)O)c1O. The topological polar surface area (TPSA) is 99.9 Å². The molecule has 3 N–H and O–H groups in total. The monoisotopic (exact) mass is 199 g/mol. The van der Waals surface area contributed by atoms with Crippen molar-refractivity contribution in [2.45, 2.75) is 13.5 Å². The molecule has 1 heterocycles. The number of pyridine rings is 1. The second-order valence-electron chi connectivity index (χ2n) is 2.57. The molecule has 1 rings (SSSR count). The fraction of sp³-hybridized carbons (Fsp3) is 0.250. The molecule has 0 spiro atoms. The van der Waals surface area contributed by atoms with Crippen molar-refractivity contribution in [2.24, 2.45) is 0 Å². The van der Waals surface area contributed by atoms with E-state index in [0.717, 1.165) is 0 Å². The Morgan fingerprint density at radius 1 is 1.64 bits per heavy atom. The van der Waals surface area contributed by atoms with E-state index in [0.29, 0.717) is 0 Å². The number of hydrogen-bond donors (Lipinski definition) is 3. The Kier molecular flexibility index (Phi) is 2.88. The molecule has 14 heavy (non-hydrogen) atoms. The Labute approximate surface area is 79.4 Å². The Morgan fingerprint density at radius 3 is 2.79 bits per heavy atom. The Hall–Kier alpha value is -1.82. The summed E-state index contributed by atoms with van der Waals surface area (Å²) in [5, 5.41) is 26.6. The van der Waals surface area contributed by atoms with Gasteiger partial charge in [0, 0.05) is 11.8 Å². The van der Waals surface area contributed by atoms with Gasteiger partial charge in [-0.15, -0.1) is 0 Å². The number of aromatic nitrogens is 1. The molecule has 6 nitrogen and oxygen atoms in total. The van der Waals surface area contributed by atoms with Gasteiger partial charge in [-0.1, -0.05) is 0 Å². The van der Waals surface area contributed by atoms with Crippen LogP contribution in [-0.4, -0.2) is 26.5 Å². The van der Waals surface area contributed by atoms with Gasteiger partial charge < -0.3 is 20.1 Å².